The van der Waals surface area contributed by atoms with Gasteiger partial charge in [0, 0.05) is 6.20 Å². The maximum atomic E-state index is 13.3. The van der Waals surface area contributed by atoms with Gasteiger partial charge in [-0.15, -0.1) is 0 Å². The average molecular weight is 222 g/mol. The number of nitrogen functional groups attached to an aromatic ring is 1. The summed E-state index contributed by atoms with van der Waals surface area (Å²) in [6.45, 7) is 0. The summed E-state index contributed by atoms with van der Waals surface area (Å²) in [6.07, 6.45) is 1.45. The summed E-state index contributed by atoms with van der Waals surface area (Å²) in [7, 11) is 0. The number of aromatic nitrogens is 1. The SMILES string of the molecule is Nc1cccnc1Oc1cccc(F)c1F. The fourth-order valence-corrected chi connectivity index (χ4v) is 1.16. The van der Waals surface area contributed by atoms with Gasteiger partial charge in [-0.3, -0.25) is 0 Å². The van der Waals surface area contributed by atoms with Crippen molar-refractivity contribution in [3.05, 3.63) is 48.2 Å². The Labute approximate surface area is 90.5 Å². The molecule has 3 nitrogen and oxygen atoms in total. The number of ether oxygens (including phenoxy) is 1. The highest BCUT2D eigenvalue weighted by Gasteiger charge is 2.11. The summed E-state index contributed by atoms with van der Waals surface area (Å²) in [5, 5.41) is 0. The van der Waals surface area contributed by atoms with Gasteiger partial charge < -0.3 is 10.5 Å². The normalized spacial score (nSPS) is 10.1. The van der Waals surface area contributed by atoms with Crippen LogP contribution in [0.25, 0.3) is 0 Å². The fraction of sp³-hybridized carbons (Fsp3) is 0. The summed E-state index contributed by atoms with van der Waals surface area (Å²) in [6, 6.07) is 6.81. The molecular formula is C11H8F2N2O. The zero-order valence-corrected chi connectivity index (χ0v) is 8.15. The quantitative estimate of drug-likeness (QED) is 0.849. The molecule has 2 aromatic rings. The molecule has 82 valence electrons. The number of nitrogens with two attached hydrogens (primary N) is 1. The molecule has 0 saturated carbocycles. The smallest absolute Gasteiger partial charge is 0.242 e. The second-order valence-corrected chi connectivity index (χ2v) is 3.05. The van der Waals surface area contributed by atoms with Crippen LogP contribution >= 0.6 is 0 Å². The van der Waals surface area contributed by atoms with E-state index in [-0.39, 0.29) is 17.3 Å². The molecule has 1 heterocycles. The van der Waals surface area contributed by atoms with Crippen molar-refractivity contribution in [3.8, 4) is 11.6 Å². The van der Waals surface area contributed by atoms with E-state index in [1.54, 1.807) is 12.1 Å². The zero-order chi connectivity index (χ0) is 11.5. The van der Waals surface area contributed by atoms with E-state index in [1.165, 1.54) is 18.3 Å². The molecule has 0 atom stereocenters. The molecule has 2 rings (SSSR count). The van der Waals surface area contributed by atoms with Gasteiger partial charge in [-0.2, -0.15) is 4.39 Å². The first-order chi connectivity index (χ1) is 7.68. The molecule has 0 radical (unpaired) electrons. The molecule has 5 heteroatoms. The maximum absolute atomic E-state index is 13.3. The van der Waals surface area contributed by atoms with Gasteiger partial charge in [0.2, 0.25) is 11.7 Å². The molecule has 0 bridgehead atoms. The Morgan fingerprint density at radius 3 is 2.69 bits per heavy atom. The first kappa shape index (κ1) is 10.4. The molecule has 0 aliphatic carbocycles. The van der Waals surface area contributed by atoms with Gasteiger partial charge in [0.1, 0.15) is 0 Å². The topological polar surface area (TPSA) is 48.1 Å². The molecule has 1 aromatic carbocycles. The standard InChI is InChI=1S/C11H8F2N2O/c12-7-3-1-5-9(10(7)13)16-11-8(14)4-2-6-15-11/h1-6H,14H2. The number of rotatable bonds is 2. The lowest BCUT2D eigenvalue weighted by atomic mass is 10.3. The molecule has 0 aliphatic rings. The van der Waals surface area contributed by atoms with E-state index in [4.69, 9.17) is 10.5 Å². The molecule has 0 fully saturated rings. The summed E-state index contributed by atoms with van der Waals surface area (Å²) in [5.74, 6) is -2.24. The number of anilines is 1. The second-order valence-electron chi connectivity index (χ2n) is 3.05. The van der Waals surface area contributed by atoms with Crippen LogP contribution in [0.5, 0.6) is 11.6 Å². The van der Waals surface area contributed by atoms with E-state index < -0.39 is 11.6 Å². The predicted octanol–water partition coefficient (Wildman–Crippen LogP) is 2.73. The number of nitrogens with zero attached hydrogens (tertiary/aromatic N) is 1. The van der Waals surface area contributed by atoms with Gasteiger partial charge in [-0.1, -0.05) is 6.07 Å². The van der Waals surface area contributed by atoms with E-state index in [1.807, 2.05) is 0 Å². The summed E-state index contributed by atoms with van der Waals surface area (Å²) in [4.78, 5) is 3.81. The zero-order valence-electron chi connectivity index (χ0n) is 8.15. The van der Waals surface area contributed by atoms with Crippen molar-refractivity contribution in [3.63, 3.8) is 0 Å². The van der Waals surface area contributed by atoms with E-state index in [0.717, 1.165) is 6.07 Å². The first-order valence-electron chi connectivity index (χ1n) is 4.51. The van der Waals surface area contributed by atoms with Crippen molar-refractivity contribution in [1.82, 2.24) is 4.98 Å². The van der Waals surface area contributed by atoms with Crippen LogP contribution < -0.4 is 10.5 Å². The third-order valence-electron chi connectivity index (χ3n) is 1.92. The van der Waals surface area contributed by atoms with Crippen LogP contribution in [0.15, 0.2) is 36.5 Å². The highest BCUT2D eigenvalue weighted by Crippen LogP contribution is 2.27. The number of hydrogen-bond acceptors (Lipinski definition) is 3. The summed E-state index contributed by atoms with van der Waals surface area (Å²) in [5.41, 5.74) is 5.81. The molecular weight excluding hydrogens is 214 g/mol. The molecule has 0 unspecified atom stereocenters. The van der Waals surface area contributed by atoms with Gasteiger partial charge in [0.05, 0.1) is 5.69 Å². The molecule has 0 saturated heterocycles. The monoisotopic (exact) mass is 222 g/mol. The lowest BCUT2D eigenvalue weighted by Crippen LogP contribution is -1.96. The van der Waals surface area contributed by atoms with Crippen LogP contribution in [0, 0.1) is 11.6 Å². The lowest BCUT2D eigenvalue weighted by Gasteiger charge is -2.07. The Bertz CT molecular complexity index is 517. The van der Waals surface area contributed by atoms with Gasteiger partial charge in [-0.25, -0.2) is 9.37 Å². The van der Waals surface area contributed by atoms with Crippen molar-refractivity contribution in [1.29, 1.82) is 0 Å². The van der Waals surface area contributed by atoms with Crippen LogP contribution in [0.3, 0.4) is 0 Å². The Hall–Kier alpha value is -2.17. The van der Waals surface area contributed by atoms with Crippen molar-refractivity contribution in [2.75, 3.05) is 5.73 Å². The summed E-state index contributed by atoms with van der Waals surface area (Å²) >= 11 is 0. The van der Waals surface area contributed by atoms with Crippen LogP contribution in [0.2, 0.25) is 0 Å². The highest BCUT2D eigenvalue weighted by molar-refractivity contribution is 5.48. The molecule has 0 aliphatic heterocycles. The van der Waals surface area contributed by atoms with Gasteiger partial charge in [0.15, 0.2) is 11.6 Å². The van der Waals surface area contributed by atoms with Gasteiger partial charge in [0.25, 0.3) is 0 Å². The largest absolute Gasteiger partial charge is 0.434 e. The predicted molar refractivity (Wildman–Crippen MR) is 55.1 cm³/mol. The van der Waals surface area contributed by atoms with Gasteiger partial charge in [-0.05, 0) is 24.3 Å². The number of hydrogen-bond donors (Lipinski definition) is 1. The number of halogens is 2. The minimum absolute atomic E-state index is 0.0481. The molecule has 2 N–H and O–H groups in total. The van der Waals surface area contributed by atoms with Crippen molar-refractivity contribution in [2.24, 2.45) is 0 Å². The second kappa shape index (κ2) is 4.14. The minimum Gasteiger partial charge on any atom is -0.434 e. The molecule has 0 amide bonds. The van der Waals surface area contributed by atoms with Gasteiger partial charge >= 0.3 is 0 Å². The minimum atomic E-state index is -1.06. The Morgan fingerprint density at radius 2 is 1.94 bits per heavy atom. The fourth-order valence-electron chi connectivity index (χ4n) is 1.16. The van der Waals surface area contributed by atoms with E-state index in [2.05, 4.69) is 4.98 Å². The van der Waals surface area contributed by atoms with E-state index >= 15 is 0 Å². The van der Waals surface area contributed by atoms with Crippen molar-refractivity contribution < 1.29 is 13.5 Å². The van der Waals surface area contributed by atoms with E-state index in [0.29, 0.717) is 0 Å². The van der Waals surface area contributed by atoms with Crippen molar-refractivity contribution >= 4 is 5.69 Å². The first-order valence-corrected chi connectivity index (χ1v) is 4.51. The highest BCUT2D eigenvalue weighted by atomic mass is 19.2. The average Bonchev–Trinajstić information content (AvgIpc) is 2.28. The Balaban J connectivity index is 2.35. The summed E-state index contributed by atoms with van der Waals surface area (Å²) < 4.78 is 31.2. The lowest BCUT2D eigenvalue weighted by molar-refractivity contribution is 0.407. The molecule has 16 heavy (non-hydrogen) atoms. The third-order valence-corrected chi connectivity index (χ3v) is 1.92. The number of pyridine rings is 1. The van der Waals surface area contributed by atoms with Crippen molar-refractivity contribution in [2.45, 2.75) is 0 Å². The third kappa shape index (κ3) is 1.93. The molecule has 0 spiro atoms. The Kier molecular flexibility index (Phi) is 2.68. The van der Waals surface area contributed by atoms with Crippen LogP contribution in [-0.2, 0) is 0 Å². The van der Waals surface area contributed by atoms with E-state index in [9.17, 15) is 8.78 Å². The van der Waals surface area contributed by atoms with Crippen LogP contribution in [0.1, 0.15) is 0 Å². The van der Waals surface area contributed by atoms with Crippen LogP contribution in [0.4, 0.5) is 14.5 Å². The Morgan fingerprint density at radius 1 is 1.12 bits per heavy atom. The number of benzene rings is 1. The maximum Gasteiger partial charge on any atom is 0.242 e. The van der Waals surface area contributed by atoms with Crippen LogP contribution in [-0.4, -0.2) is 4.98 Å². The molecule has 1 aromatic heterocycles.